The molecule has 0 aliphatic heterocycles. The zero-order valence-electron chi connectivity index (χ0n) is 12.3. The van der Waals surface area contributed by atoms with E-state index in [-0.39, 0.29) is 11.4 Å². The van der Waals surface area contributed by atoms with Gasteiger partial charge >= 0.3 is 0 Å². The molecule has 0 aromatic rings. The SMILES string of the molecule is CC(CBr)(CBr)NC(=O)CC12CC3CC(CC(C3)C1)C2. The van der Waals surface area contributed by atoms with Crippen LogP contribution in [0.3, 0.4) is 0 Å². The maximum absolute atomic E-state index is 12.5. The lowest BCUT2D eigenvalue weighted by atomic mass is 9.49. The molecule has 4 saturated carbocycles. The number of nitrogens with one attached hydrogen (secondary N) is 1. The number of carbonyl (C=O) groups is 1. The molecular formula is C16H25Br2NO. The number of amides is 1. The molecule has 0 unspecified atom stereocenters. The van der Waals surface area contributed by atoms with Gasteiger partial charge in [-0.15, -0.1) is 0 Å². The van der Waals surface area contributed by atoms with Crippen LogP contribution in [0.2, 0.25) is 0 Å². The third kappa shape index (κ3) is 2.97. The summed E-state index contributed by atoms with van der Waals surface area (Å²) in [6.07, 6.45) is 9.03. The molecule has 1 amide bonds. The van der Waals surface area contributed by atoms with E-state index in [4.69, 9.17) is 0 Å². The largest absolute Gasteiger partial charge is 0.349 e. The van der Waals surface area contributed by atoms with Gasteiger partial charge < -0.3 is 5.32 Å². The van der Waals surface area contributed by atoms with Gasteiger partial charge in [0, 0.05) is 17.1 Å². The summed E-state index contributed by atoms with van der Waals surface area (Å²) in [7, 11) is 0. The predicted molar refractivity (Wildman–Crippen MR) is 89.4 cm³/mol. The van der Waals surface area contributed by atoms with Crippen molar-refractivity contribution in [2.45, 2.75) is 57.4 Å². The molecular weight excluding hydrogens is 382 g/mol. The lowest BCUT2D eigenvalue weighted by Gasteiger charge is -2.56. The molecule has 4 fully saturated rings. The van der Waals surface area contributed by atoms with Crippen molar-refractivity contribution in [3.63, 3.8) is 0 Å². The van der Waals surface area contributed by atoms with Gasteiger partial charge in [0.1, 0.15) is 0 Å². The zero-order valence-corrected chi connectivity index (χ0v) is 15.4. The first-order chi connectivity index (χ1) is 9.46. The van der Waals surface area contributed by atoms with E-state index in [1.165, 1.54) is 38.5 Å². The van der Waals surface area contributed by atoms with Crippen LogP contribution in [-0.2, 0) is 4.79 Å². The number of alkyl halides is 2. The van der Waals surface area contributed by atoms with Gasteiger partial charge in [-0.05, 0) is 68.6 Å². The average Bonchev–Trinajstić information content (AvgIpc) is 2.36. The Balaban J connectivity index is 1.64. The lowest BCUT2D eigenvalue weighted by Crippen LogP contribution is -2.52. The van der Waals surface area contributed by atoms with E-state index in [0.717, 1.165) is 34.8 Å². The van der Waals surface area contributed by atoms with Gasteiger partial charge in [-0.2, -0.15) is 0 Å². The fourth-order valence-electron chi connectivity index (χ4n) is 5.33. The molecule has 4 bridgehead atoms. The molecule has 0 aromatic carbocycles. The average molecular weight is 407 g/mol. The maximum atomic E-state index is 12.5. The number of carbonyl (C=O) groups excluding carboxylic acids is 1. The Morgan fingerprint density at radius 3 is 1.95 bits per heavy atom. The molecule has 4 aliphatic carbocycles. The van der Waals surface area contributed by atoms with Crippen LogP contribution in [0.15, 0.2) is 0 Å². The van der Waals surface area contributed by atoms with Crippen LogP contribution < -0.4 is 5.32 Å². The van der Waals surface area contributed by atoms with Gasteiger partial charge in [-0.25, -0.2) is 0 Å². The summed E-state index contributed by atoms with van der Waals surface area (Å²) < 4.78 is 0. The van der Waals surface area contributed by atoms with Crippen molar-refractivity contribution in [1.29, 1.82) is 0 Å². The topological polar surface area (TPSA) is 29.1 Å². The summed E-state index contributed by atoms with van der Waals surface area (Å²) in [5.74, 6) is 3.03. The first-order valence-corrected chi connectivity index (χ1v) is 10.1. The van der Waals surface area contributed by atoms with Gasteiger partial charge in [-0.1, -0.05) is 31.9 Å². The van der Waals surface area contributed by atoms with Crippen LogP contribution in [0.1, 0.15) is 51.9 Å². The molecule has 4 aliphatic rings. The van der Waals surface area contributed by atoms with Gasteiger partial charge in [0.15, 0.2) is 0 Å². The number of hydrogen-bond donors (Lipinski definition) is 1. The van der Waals surface area contributed by atoms with Crippen molar-refractivity contribution in [3.8, 4) is 0 Å². The number of halogens is 2. The molecule has 0 saturated heterocycles. The minimum Gasteiger partial charge on any atom is -0.349 e. The smallest absolute Gasteiger partial charge is 0.221 e. The minimum absolute atomic E-state index is 0.167. The maximum Gasteiger partial charge on any atom is 0.221 e. The second-order valence-electron chi connectivity index (χ2n) is 7.97. The van der Waals surface area contributed by atoms with Crippen LogP contribution in [0, 0.1) is 23.2 Å². The Labute approximate surface area is 139 Å². The molecule has 0 aromatic heterocycles. The summed E-state index contributed by atoms with van der Waals surface area (Å²) >= 11 is 7.02. The fraction of sp³-hybridized carbons (Fsp3) is 0.938. The Morgan fingerprint density at radius 1 is 1.10 bits per heavy atom. The van der Waals surface area contributed by atoms with Crippen molar-refractivity contribution >= 4 is 37.8 Å². The van der Waals surface area contributed by atoms with Crippen LogP contribution in [0.5, 0.6) is 0 Å². The third-order valence-corrected chi connectivity index (χ3v) is 8.21. The molecule has 4 heteroatoms. The van der Waals surface area contributed by atoms with E-state index in [0.29, 0.717) is 5.41 Å². The molecule has 4 rings (SSSR count). The molecule has 0 heterocycles. The van der Waals surface area contributed by atoms with E-state index >= 15 is 0 Å². The monoisotopic (exact) mass is 405 g/mol. The van der Waals surface area contributed by atoms with Crippen LogP contribution >= 0.6 is 31.9 Å². The fourth-order valence-corrected chi connectivity index (χ4v) is 6.54. The third-order valence-electron chi connectivity index (χ3n) is 5.73. The number of hydrogen-bond acceptors (Lipinski definition) is 1. The normalized spacial score (nSPS) is 39.0. The Bertz CT molecular complexity index is 357. The molecule has 20 heavy (non-hydrogen) atoms. The standard InChI is InChI=1S/C16H25Br2NO/c1-15(9-17,10-18)19-14(20)8-16-5-11-2-12(6-16)4-13(3-11)7-16/h11-13H,2-10H2,1H3,(H,19,20). The van der Waals surface area contributed by atoms with Gasteiger partial charge in [0.05, 0.1) is 5.54 Å². The minimum atomic E-state index is -0.167. The highest BCUT2D eigenvalue weighted by molar-refractivity contribution is 9.09. The zero-order chi connectivity index (χ0) is 14.4. The van der Waals surface area contributed by atoms with Crippen molar-refractivity contribution in [2.75, 3.05) is 10.7 Å². The summed E-state index contributed by atoms with van der Waals surface area (Å²) in [5.41, 5.74) is 0.178. The van der Waals surface area contributed by atoms with Crippen molar-refractivity contribution in [3.05, 3.63) is 0 Å². The van der Waals surface area contributed by atoms with E-state index in [2.05, 4.69) is 44.1 Å². The molecule has 1 N–H and O–H groups in total. The quantitative estimate of drug-likeness (QED) is 0.679. The molecule has 0 atom stereocenters. The van der Waals surface area contributed by atoms with Crippen molar-refractivity contribution in [2.24, 2.45) is 23.2 Å². The van der Waals surface area contributed by atoms with Gasteiger partial charge in [-0.3, -0.25) is 4.79 Å². The highest BCUT2D eigenvalue weighted by atomic mass is 79.9. The Hall–Kier alpha value is 0.430. The van der Waals surface area contributed by atoms with Crippen LogP contribution in [0.4, 0.5) is 0 Å². The van der Waals surface area contributed by atoms with Crippen molar-refractivity contribution in [1.82, 2.24) is 5.32 Å². The summed E-state index contributed by atoms with van der Waals surface area (Å²) in [6.45, 7) is 2.09. The summed E-state index contributed by atoms with van der Waals surface area (Å²) in [6, 6.07) is 0. The van der Waals surface area contributed by atoms with Gasteiger partial charge in [0.25, 0.3) is 0 Å². The first kappa shape index (κ1) is 15.3. The van der Waals surface area contributed by atoms with Gasteiger partial charge in [0.2, 0.25) is 5.91 Å². The molecule has 114 valence electrons. The molecule has 0 spiro atoms. The second kappa shape index (κ2) is 5.57. The van der Waals surface area contributed by atoms with Crippen LogP contribution in [-0.4, -0.2) is 22.1 Å². The highest BCUT2D eigenvalue weighted by Gasteiger charge is 2.51. The lowest BCUT2D eigenvalue weighted by molar-refractivity contribution is -0.130. The van der Waals surface area contributed by atoms with E-state index in [9.17, 15) is 4.79 Å². The number of rotatable bonds is 5. The second-order valence-corrected chi connectivity index (χ2v) is 9.09. The van der Waals surface area contributed by atoms with E-state index in [1.807, 2.05) is 0 Å². The highest BCUT2D eigenvalue weighted by Crippen LogP contribution is 2.61. The summed E-state index contributed by atoms with van der Waals surface area (Å²) in [5, 5.41) is 4.81. The molecule has 0 radical (unpaired) electrons. The first-order valence-electron chi connectivity index (χ1n) is 7.89. The summed E-state index contributed by atoms with van der Waals surface area (Å²) in [4.78, 5) is 12.5. The Kier molecular flexibility index (Phi) is 4.27. The van der Waals surface area contributed by atoms with E-state index < -0.39 is 0 Å². The van der Waals surface area contributed by atoms with E-state index in [1.54, 1.807) is 0 Å². The van der Waals surface area contributed by atoms with Crippen LogP contribution in [0.25, 0.3) is 0 Å². The Morgan fingerprint density at radius 2 is 1.55 bits per heavy atom. The van der Waals surface area contributed by atoms with Crippen molar-refractivity contribution < 1.29 is 4.79 Å². The predicted octanol–water partition coefficient (Wildman–Crippen LogP) is 4.26. The molecule has 2 nitrogen and oxygen atoms in total.